The van der Waals surface area contributed by atoms with Crippen LogP contribution in [0.25, 0.3) is 0 Å². The highest BCUT2D eigenvalue weighted by molar-refractivity contribution is 7.89. The SMILES string of the molecule is C[C@H]1OCCN[C@@H]1C(=O)NCCNS(=O)(=O)c1cccc([N+](=O)[O-])c1.Cl. The van der Waals surface area contributed by atoms with Gasteiger partial charge in [0.1, 0.15) is 6.04 Å². The van der Waals surface area contributed by atoms with Crippen molar-refractivity contribution < 1.29 is 22.9 Å². The van der Waals surface area contributed by atoms with Gasteiger partial charge in [-0.1, -0.05) is 6.07 Å². The molecule has 0 saturated carbocycles. The van der Waals surface area contributed by atoms with Crippen LogP contribution in [0.2, 0.25) is 0 Å². The van der Waals surface area contributed by atoms with Crippen LogP contribution >= 0.6 is 12.4 Å². The molecule has 2 atom stereocenters. The predicted molar refractivity (Wildman–Crippen MR) is 95.7 cm³/mol. The molecule has 146 valence electrons. The lowest BCUT2D eigenvalue weighted by atomic mass is 10.1. The number of carbonyl (C=O) groups excluding carboxylic acids is 1. The number of halogens is 1. The highest BCUT2D eigenvalue weighted by Gasteiger charge is 2.28. The normalized spacial score (nSPS) is 20.0. The Hall–Kier alpha value is -1.79. The molecule has 0 unspecified atom stereocenters. The van der Waals surface area contributed by atoms with E-state index in [1.54, 1.807) is 6.92 Å². The lowest BCUT2D eigenvalue weighted by Gasteiger charge is -2.29. The van der Waals surface area contributed by atoms with E-state index in [1.807, 2.05) is 0 Å². The van der Waals surface area contributed by atoms with Crippen LogP contribution < -0.4 is 15.4 Å². The van der Waals surface area contributed by atoms with Crippen LogP contribution in [-0.4, -0.2) is 57.6 Å². The van der Waals surface area contributed by atoms with Crippen LogP contribution in [0.1, 0.15) is 6.92 Å². The Morgan fingerprint density at radius 2 is 2.15 bits per heavy atom. The Kier molecular flexibility index (Phi) is 8.37. The number of ether oxygens (including phenoxy) is 1. The fourth-order valence-corrected chi connectivity index (χ4v) is 3.43. The maximum absolute atomic E-state index is 12.1. The number of amides is 1. The Balaban J connectivity index is 0.00000338. The molecule has 0 aliphatic carbocycles. The number of hydrogen-bond donors (Lipinski definition) is 3. The zero-order valence-electron chi connectivity index (χ0n) is 14.0. The summed E-state index contributed by atoms with van der Waals surface area (Å²) in [6, 6.07) is 4.26. The summed E-state index contributed by atoms with van der Waals surface area (Å²) < 4.78 is 31.9. The summed E-state index contributed by atoms with van der Waals surface area (Å²) in [6.07, 6.45) is -0.268. The Morgan fingerprint density at radius 1 is 1.42 bits per heavy atom. The van der Waals surface area contributed by atoms with Gasteiger partial charge in [-0.25, -0.2) is 13.1 Å². The second-order valence-corrected chi connectivity index (χ2v) is 7.22. The van der Waals surface area contributed by atoms with Crippen molar-refractivity contribution >= 4 is 34.0 Å². The van der Waals surface area contributed by atoms with E-state index in [9.17, 15) is 23.3 Å². The van der Waals surface area contributed by atoms with E-state index in [0.29, 0.717) is 13.2 Å². The van der Waals surface area contributed by atoms with Gasteiger partial charge in [0.2, 0.25) is 15.9 Å². The molecule has 0 aromatic heterocycles. The smallest absolute Gasteiger partial charge is 0.270 e. The van der Waals surface area contributed by atoms with Gasteiger partial charge in [0.05, 0.1) is 22.5 Å². The quantitative estimate of drug-likeness (QED) is 0.322. The van der Waals surface area contributed by atoms with E-state index >= 15 is 0 Å². The number of nitrogens with zero attached hydrogens (tertiary/aromatic N) is 1. The summed E-state index contributed by atoms with van der Waals surface area (Å²) in [4.78, 5) is 21.9. The molecule has 0 radical (unpaired) electrons. The van der Waals surface area contributed by atoms with Crippen molar-refractivity contribution in [1.29, 1.82) is 0 Å². The summed E-state index contributed by atoms with van der Waals surface area (Å²) in [5.74, 6) is -0.276. The number of rotatable bonds is 7. The molecule has 1 heterocycles. The molecule has 1 aliphatic heterocycles. The number of non-ortho nitro benzene ring substituents is 1. The fraction of sp³-hybridized carbons (Fsp3) is 0.500. The first kappa shape index (κ1) is 22.3. The maximum atomic E-state index is 12.1. The standard InChI is InChI=1S/C14H20N4O6S.ClH/c1-10-13(15-7-8-24-10)14(19)16-5-6-17-25(22,23)12-4-2-3-11(9-12)18(20)21;/h2-4,9-10,13,15,17H,5-8H2,1H3,(H,16,19);1H/t10-,13+;/m1./s1. The first-order chi connectivity index (χ1) is 11.8. The molecule has 10 nitrogen and oxygen atoms in total. The average Bonchev–Trinajstić information content (AvgIpc) is 2.59. The van der Waals surface area contributed by atoms with Gasteiger partial charge < -0.3 is 15.4 Å². The minimum atomic E-state index is -3.90. The molecule has 1 amide bonds. The van der Waals surface area contributed by atoms with E-state index in [2.05, 4.69) is 15.4 Å². The molecule has 1 aromatic carbocycles. The first-order valence-electron chi connectivity index (χ1n) is 7.68. The van der Waals surface area contributed by atoms with Gasteiger partial charge >= 0.3 is 0 Å². The highest BCUT2D eigenvalue weighted by Crippen LogP contribution is 2.16. The molecular weight excluding hydrogens is 388 g/mol. The zero-order chi connectivity index (χ0) is 18.4. The van der Waals surface area contributed by atoms with E-state index in [-0.39, 0.29) is 48.1 Å². The lowest BCUT2D eigenvalue weighted by Crippen LogP contribution is -2.56. The number of morpholine rings is 1. The third kappa shape index (κ3) is 5.88. The summed E-state index contributed by atoms with van der Waals surface area (Å²) in [6.45, 7) is 2.92. The van der Waals surface area contributed by atoms with Crippen molar-refractivity contribution in [3.8, 4) is 0 Å². The fourth-order valence-electron chi connectivity index (χ4n) is 2.36. The van der Waals surface area contributed by atoms with Crippen LogP contribution in [0.5, 0.6) is 0 Å². The van der Waals surface area contributed by atoms with Crippen LogP contribution in [0, 0.1) is 10.1 Å². The van der Waals surface area contributed by atoms with Gasteiger partial charge in [0.15, 0.2) is 0 Å². The number of nitrogens with one attached hydrogen (secondary N) is 3. The summed E-state index contributed by atoms with van der Waals surface area (Å²) in [7, 11) is -3.90. The highest BCUT2D eigenvalue weighted by atomic mass is 35.5. The minimum Gasteiger partial charge on any atom is -0.375 e. The molecule has 0 spiro atoms. The second-order valence-electron chi connectivity index (χ2n) is 5.45. The third-order valence-electron chi connectivity index (χ3n) is 3.65. The molecule has 26 heavy (non-hydrogen) atoms. The number of carbonyl (C=O) groups is 1. The molecule has 1 fully saturated rings. The minimum absolute atomic E-state index is 0. The topological polar surface area (TPSA) is 140 Å². The van der Waals surface area contributed by atoms with Gasteiger partial charge in [0, 0.05) is 31.8 Å². The van der Waals surface area contributed by atoms with Gasteiger partial charge in [0.25, 0.3) is 5.69 Å². The molecule has 3 N–H and O–H groups in total. The van der Waals surface area contributed by atoms with Crippen molar-refractivity contribution in [1.82, 2.24) is 15.4 Å². The molecule has 2 rings (SSSR count). The number of hydrogen-bond acceptors (Lipinski definition) is 7. The summed E-state index contributed by atoms with van der Waals surface area (Å²) >= 11 is 0. The molecule has 1 aromatic rings. The Labute approximate surface area is 157 Å². The zero-order valence-corrected chi connectivity index (χ0v) is 15.6. The van der Waals surface area contributed by atoms with Gasteiger partial charge in [-0.2, -0.15) is 0 Å². The monoisotopic (exact) mass is 408 g/mol. The van der Waals surface area contributed by atoms with Crippen LogP contribution in [0.15, 0.2) is 29.2 Å². The Morgan fingerprint density at radius 3 is 2.81 bits per heavy atom. The number of benzene rings is 1. The largest absolute Gasteiger partial charge is 0.375 e. The van der Waals surface area contributed by atoms with Crippen LogP contribution in [0.3, 0.4) is 0 Å². The molecule has 1 saturated heterocycles. The van der Waals surface area contributed by atoms with Crippen molar-refractivity contribution in [2.75, 3.05) is 26.2 Å². The average molecular weight is 409 g/mol. The first-order valence-corrected chi connectivity index (χ1v) is 9.16. The van der Waals surface area contributed by atoms with Gasteiger partial charge in [-0.3, -0.25) is 14.9 Å². The number of nitro groups is 1. The molecular formula is C14H21ClN4O6S. The van der Waals surface area contributed by atoms with Crippen molar-refractivity contribution in [2.24, 2.45) is 0 Å². The Bertz CT molecular complexity index is 745. The van der Waals surface area contributed by atoms with Crippen molar-refractivity contribution in [3.63, 3.8) is 0 Å². The summed E-state index contributed by atoms with van der Waals surface area (Å²) in [5, 5.41) is 16.4. The van der Waals surface area contributed by atoms with Crippen LogP contribution in [-0.2, 0) is 19.6 Å². The predicted octanol–water partition coefficient (Wildman–Crippen LogP) is -0.212. The van der Waals surface area contributed by atoms with E-state index in [1.165, 1.54) is 18.2 Å². The molecule has 1 aliphatic rings. The van der Waals surface area contributed by atoms with E-state index in [0.717, 1.165) is 6.07 Å². The van der Waals surface area contributed by atoms with E-state index < -0.39 is 21.0 Å². The number of sulfonamides is 1. The molecule has 0 bridgehead atoms. The van der Waals surface area contributed by atoms with Gasteiger partial charge in [-0.15, -0.1) is 12.4 Å². The van der Waals surface area contributed by atoms with Gasteiger partial charge in [-0.05, 0) is 13.0 Å². The summed E-state index contributed by atoms with van der Waals surface area (Å²) in [5.41, 5.74) is -0.312. The number of nitro benzene ring substituents is 1. The van der Waals surface area contributed by atoms with Crippen molar-refractivity contribution in [2.45, 2.75) is 24.0 Å². The van der Waals surface area contributed by atoms with Crippen LogP contribution in [0.4, 0.5) is 5.69 Å². The van der Waals surface area contributed by atoms with E-state index in [4.69, 9.17) is 4.74 Å². The van der Waals surface area contributed by atoms with Crippen molar-refractivity contribution in [3.05, 3.63) is 34.4 Å². The maximum Gasteiger partial charge on any atom is 0.270 e. The second kappa shape index (κ2) is 9.78. The lowest BCUT2D eigenvalue weighted by molar-refractivity contribution is -0.385. The third-order valence-corrected chi connectivity index (χ3v) is 5.11. The molecule has 12 heteroatoms.